The minimum absolute atomic E-state index is 0. The summed E-state index contributed by atoms with van der Waals surface area (Å²) in [5.74, 6) is 1.39. The highest BCUT2D eigenvalue weighted by Crippen LogP contribution is 2.36. The highest BCUT2D eigenvalue weighted by atomic mass is 35.5. The van der Waals surface area contributed by atoms with Gasteiger partial charge in [0, 0.05) is 37.8 Å². The first kappa shape index (κ1) is 16.2. The van der Waals surface area contributed by atoms with Crippen molar-refractivity contribution >= 4 is 18.1 Å². The number of non-ortho nitro benzene ring substituents is 1. The van der Waals surface area contributed by atoms with Crippen molar-refractivity contribution in [3.8, 4) is 0 Å². The van der Waals surface area contributed by atoms with Crippen LogP contribution in [0.3, 0.4) is 0 Å². The topological polar surface area (TPSA) is 72.4 Å². The van der Waals surface area contributed by atoms with Crippen molar-refractivity contribution in [1.82, 2.24) is 4.90 Å². The van der Waals surface area contributed by atoms with Crippen molar-refractivity contribution in [2.45, 2.75) is 31.8 Å². The van der Waals surface area contributed by atoms with E-state index in [1.807, 2.05) is 12.1 Å². The van der Waals surface area contributed by atoms with Crippen LogP contribution in [-0.2, 0) is 6.54 Å². The Kier molecular flexibility index (Phi) is 5.19. The minimum atomic E-state index is -0.354. The summed E-state index contributed by atoms with van der Waals surface area (Å²) in [6, 6.07) is 7.25. The Balaban J connectivity index is 0.00000161. The molecule has 1 aromatic carbocycles. The van der Waals surface area contributed by atoms with Gasteiger partial charge in [-0.1, -0.05) is 18.6 Å². The lowest BCUT2D eigenvalue weighted by molar-refractivity contribution is -0.384. The van der Waals surface area contributed by atoms with Gasteiger partial charge in [-0.3, -0.25) is 15.0 Å². The molecule has 0 radical (unpaired) electrons. The fourth-order valence-corrected chi connectivity index (χ4v) is 3.72. The molecule has 0 spiro atoms. The van der Waals surface area contributed by atoms with E-state index in [1.54, 1.807) is 12.1 Å². The SMILES string of the molecule is Cl.NC1CCCC2CN(Cc3ccc([N+](=O)[O-])cc3)CC12. The van der Waals surface area contributed by atoms with E-state index in [-0.39, 0.29) is 23.0 Å². The number of fused-ring (bicyclic) bond motifs is 1. The zero-order valence-corrected chi connectivity index (χ0v) is 12.8. The number of halogens is 1. The molecule has 6 heteroatoms. The number of rotatable bonds is 3. The third kappa shape index (κ3) is 3.54. The van der Waals surface area contributed by atoms with Crippen LogP contribution >= 0.6 is 12.4 Å². The van der Waals surface area contributed by atoms with E-state index in [0.717, 1.165) is 37.5 Å². The lowest BCUT2D eigenvalue weighted by Crippen LogP contribution is -2.38. The largest absolute Gasteiger partial charge is 0.327 e. The van der Waals surface area contributed by atoms with Gasteiger partial charge in [0.15, 0.2) is 0 Å². The molecule has 21 heavy (non-hydrogen) atoms. The van der Waals surface area contributed by atoms with Crippen LogP contribution in [0.2, 0.25) is 0 Å². The van der Waals surface area contributed by atoms with Gasteiger partial charge in [0.2, 0.25) is 0 Å². The van der Waals surface area contributed by atoms with Gasteiger partial charge in [-0.05, 0) is 30.2 Å². The molecule has 116 valence electrons. The van der Waals surface area contributed by atoms with E-state index < -0.39 is 0 Å². The second-order valence-corrected chi connectivity index (χ2v) is 6.14. The zero-order valence-electron chi connectivity index (χ0n) is 12.0. The Morgan fingerprint density at radius 3 is 2.57 bits per heavy atom. The van der Waals surface area contributed by atoms with Gasteiger partial charge in [-0.25, -0.2) is 0 Å². The number of hydrogen-bond donors (Lipinski definition) is 1. The van der Waals surface area contributed by atoms with E-state index in [4.69, 9.17) is 5.73 Å². The molecule has 1 aliphatic carbocycles. The van der Waals surface area contributed by atoms with Crippen molar-refractivity contribution in [2.24, 2.45) is 17.6 Å². The molecule has 0 amide bonds. The number of nitrogens with zero attached hydrogens (tertiary/aromatic N) is 2. The number of nitrogens with two attached hydrogens (primary N) is 1. The third-order valence-corrected chi connectivity index (χ3v) is 4.78. The summed E-state index contributed by atoms with van der Waals surface area (Å²) in [6.07, 6.45) is 3.72. The smallest absolute Gasteiger partial charge is 0.269 e. The normalized spacial score (nSPS) is 28.7. The van der Waals surface area contributed by atoms with Crippen LogP contribution in [0.25, 0.3) is 0 Å². The molecule has 0 bridgehead atoms. The highest BCUT2D eigenvalue weighted by molar-refractivity contribution is 5.85. The van der Waals surface area contributed by atoms with Crippen LogP contribution in [0.4, 0.5) is 5.69 Å². The Labute approximate surface area is 131 Å². The van der Waals surface area contributed by atoms with Crippen LogP contribution in [0.1, 0.15) is 24.8 Å². The predicted molar refractivity (Wildman–Crippen MR) is 84.4 cm³/mol. The second kappa shape index (κ2) is 6.73. The Bertz CT molecular complexity index is 494. The average molecular weight is 312 g/mol. The molecule has 2 fully saturated rings. The first-order valence-electron chi connectivity index (χ1n) is 7.35. The van der Waals surface area contributed by atoms with Gasteiger partial charge in [0.1, 0.15) is 0 Å². The maximum atomic E-state index is 10.6. The standard InChI is InChI=1S/C15H21N3O2.ClH/c16-15-3-1-2-12-9-17(10-14(12)15)8-11-4-6-13(7-5-11)18(19)20;/h4-7,12,14-15H,1-3,8-10,16H2;1H. The minimum Gasteiger partial charge on any atom is -0.327 e. The highest BCUT2D eigenvalue weighted by Gasteiger charge is 2.38. The third-order valence-electron chi connectivity index (χ3n) is 4.78. The van der Waals surface area contributed by atoms with Crippen LogP contribution in [0.15, 0.2) is 24.3 Å². The Morgan fingerprint density at radius 2 is 1.95 bits per heavy atom. The summed E-state index contributed by atoms with van der Waals surface area (Å²) in [6.45, 7) is 3.07. The predicted octanol–water partition coefficient (Wildman–Crippen LogP) is 2.58. The fourth-order valence-electron chi connectivity index (χ4n) is 3.72. The summed E-state index contributed by atoms with van der Waals surface area (Å²) in [5, 5.41) is 10.6. The van der Waals surface area contributed by atoms with E-state index in [1.165, 1.54) is 12.8 Å². The second-order valence-electron chi connectivity index (χ2n) is 6.14. The number of nitro benzene ring substituents is 1. The maximum absolute atomic E-state index is 10.6. The van der Waals surface area contributed by atoms with Gasteiger partial charge >= 0.3 is 0 Å². The Morgan fingerprint density at radius 1 is 1.24 bits per heavy atom. The van der Waals surface area contributed by atoms with Crippen LogP contribution < -0.4 is 5.73 Å². The molecule has 1 aromatic rings. The molecule has 2 aliphatic rings. The summed E-state index contributed by atoms with van der Waals surface area (Å²) in [7, 11) is 0. The molecule has 1 heterocycles. The van der Waals surface area contributed by atoms with Crippen molar-refractivity contribution in [3.05, 3.63) is 39.9 Å². The molecule has 3 unspecified atom stereocenters. The van der Waals surface area contributed by atoms with Gasteiger partial charge in [0.25, 0.3) is 5.69 Å². The molecule has 1 aliphatic heterocycles. The van der Waals surface area contributed by atoms with E-state index in [9.17, 15) is 10.1 Å². The first-order valence-corrected chi connectivity index (χ1v) is 7.35. The summed E-state index contributed by atoms with van der Waals surface area (Å²) < 4.78 is 0. The lowest BCUT2D eigenvalue weighted by atomic mass is 9.78. The van der Waals surface area contributed by atoms with Gasteiger partial charge < -0.3 is 5.73 Å². The van der Waals surface area contributed by atoms with E-state index in [2.05, 4.69) is 4.90 Å². The van der Waals surface area contributed by atoms with E-state index in [0.29, 0.717) is 12.0 Å². The maximum Gasteiger partial charge on any atom is 0.269 e. The van der Waals surface area contributed by atoms with Crippen molar-refractivity contribution in [3.63, 3.8) is 0 Å². The average Bonchev–Trinajstić information content (AvgIpc) is 2.83. The van der Waals surface area contributed by atoms with Crippen molar-refractivity contribution < 1.29 is 4.92 Å². The number of likely N-dealkylation sites (tertiary alicyclic amines) is 1. The zero-order chi connectivity index (χ0) is 14.1. The monoisotopic (exact) mass is 311 g/mol. The number of nitro groups is 1. The van der Waals surface area contributed by atoms with Crippen molar-refractivity contribution in [2.75, 3.05) is 13.1 Å². The number of hydrogen-bond acceptors (Lipinski definition) is 4. The van der Waals surface area contributed by atoms with Crippen LogP contribution in [0.5, 0.6) is 0 Å². The first-order chi connectivity index (χ1) is 9.63. The molecule has 3 atom stereocenters. The molecular weight excluding hydrogens is 290 g/mol. The number of benzene rings is 1. The molecule has 5 nitrogen and oxygen atoms in total. The van der Waals surface area contributed by atoms with Crippen LogP contribution in [0, 0.1) is 22.0 Å². The molecule has 0 aromatic heterocycles. The molecule has 3 rings (SSSR count). The molecule has 1 saturated carbocycles. The molecule has 2 N–H and O–H groups in total. The summed E-state index contributed by atoms with van der Waals surface area (Å²) in [5.41, 5.74) is 7.53. The summed E-state index contributed by atoms with van der Waals surface area (Å²) in [4.78, 5) is 12.7. The van der Waals surface area contributed by atoms with Gasteiger partial charge in [-0.2, -0.15) is 0 Å². The summed E-state index contributed by atoms with van der Waals surface area (Å²) >= 11 is 0. The lowest BCUT2D eigenvalue weighted by Gasteiger charge is -2.29. The van der Waals surface area contributed by atoms with Gasteiger partial charge in [-0.15, -0.1) is 12.4 Å². The van der Waals surface area contributed by atoms with Crippen LogP contribution in [-0.4, -0.2) is 29.0 Å². The van der Waals surface area contributed by atoms with Crippen molar-refractivity contribution in [1.29, 1.82) is 0 Å². The Hall–Kier alpha value is -1.17. The quantitative estimate of drug-likeness (QED) is 0.688. The van der Waals surface area contributed by atoms with Gasteiger partial charge in [0.05, 0.1) is 4.92 Å². The molecular formula is C15H22ClN3O2. The fraction of sp³-hybridized carbons (Fsp3) is 0.600. The molecule has 1 saturated heterocycles. The van der Waals surface area contributed by atoms with E-state index >= 15 is 0 Å².